The van der Waals surface area contributed by atoms with Gasteiger partial charge in [0, 0.05) is 16.7 Å². The Labute approximate surface area is 227 Å². The van der Waals surface area contributed by atoms with Crippen molar-refractivity contribution < 1.29 is 19.1 Å². The van der Waals surface area contributed by atoms with Crippen LogP contribution in [0.5, 0.6) is 0 Å². The second-order valence-electron chi connectivity index (χ2n) is 9.47. The average Bonchev–Trinajstić information content (AvgIpc) is 2.89. The van der Waals surface area contributed by atoms with Gasteiger partial charge in [0.2, 0.25) is 5.91 Å². The first kappa shape index (κ1) is 28.2. The normalized spacial score (nSPS) is 10.2. The molecule has 3 aromatic carbocycles. The lowest BCUT2D eigenvalue weighted by Crippen LogP contribution is -2.28. The molecule has 194 valence electrons. The number of carbonyl (C=O) groups is 3. The van der Waals surface area contributed by atoms with Crippen molar-refractivity contribution in [2.24, 2.45) is 0 Å². The lowest BCUT2D eigenvalue weighted by atomic mass is 10.0. The number of ether oxygens (including phenoxy) is 1. The molecule has 2 amide bonds. The topological polar surface area (TPSA) is 132 Å². The first-order valence-electron chi connectivity index (χ1n) is 12.0. The van der Waals surface area contributed by atoms with Crippen LogP contribution in [0.1, 0.15) is 59.8 Å². The predicted octanol–water partition coefficient (Wildman–Crippen LogP) is 5.58. The molecule has 0 aliphatic heterocycles. The minimum atomic E-state index is -0.769. The lowest BCUT2D eigenvalue weighted by molar-refractivity contribution is -0.115. The lowest BCUT2D eigenvalue weighted by Gasteiger charge is -2.21. The largest absolute Gasteiger partial charge is 0.444 e. The molecule has 0 fully saturated rings. The van der Waals surface area contributed by atoms with E-state index in [0.29, 0.717) is 16.7 Å². The molecule has 0 aliphatic rings. The van der Waals surface area contributed by atoms with Crippen LogP contribution in [0.3, 0.4) is 0 Å². The van der Waals surface area contributed by atoms with E-state index in [4.69, 9.17) is 10.00 Å². The van der Waals surface area contributed by atoms with Crippen molar-refractivity contribution in [2.75, 3.05) is 10.6 Å². The summed E-state index contributed by atoms with van der Waals surface area (Å²) in [5.74, 6) is 4.95. The third-order valence-electron chi connectivity index (χ3n) is 5.17. The number of rotatable bonds is 6. The number of Topliss-reactive ketones (excluding diaryl/α,β-unsaturated/α-hetero) is 1. The zero-order chi connectivity index (χ0) is 28.4. The molecule has 39 heavy (non-hydrogen) atoms. The fourth-order valence-corrected chi connectivity index (χ4v) is 3.48. The van der Waals surface area contributed by atoms with Crippen LogP contribution in [0.15, 0.2) is 66.7 Å². The molecule has 0 atom stereocenters. The fourth-order valence-electron chi connectivity index (χ4n) is 3.48. The summed E-state index contributed by atoms with van der Waals surface area (Å²) in [5.41, 5.74) is 1.90. The van der Waals surface area contributed by atoms with Crippen LogP contribution in [0.4, 0.5) is 16.2 Å². The Morgan fingerprint density at radius 1 is 0.846 bits per heavy atom. The zero-order valence-electron chi connectivity index (χ0n) is 21.8. The van der Waals surface area contributed by atoms with E-state index in [1.165, 1.54) is 12.1 Å². The van der Waals surface area contributed by atoms with E-state index >= 15 is 0 Å². The number of anilines is 2. The highest BCUT2D eigenvalue weighted by atomic mass is 16.6. The molecule has 0 unspecified atom stereocenters. The molecule has 3 aromatic rings. The maximum atomic E-state index is 12.9. The summed E-state index contributed by atoms with van der Waals surface area (Å²) in [5, 5.41) is 23.7. The Morgan fingerprint density at radius 2 is 1.54 bits per heavy atom. The summed E-state index contributed by atoms with van der Waals surface area (Å²) in [6.07, 6.45) is -1.25. The molecule has 0 heterocycles. The summed E-state index contributed by atoms with van der Waals surface area (Å²) >= 11 is 0. The predicted molar refractivity (Wildman–Crippen MR) is 147 cm³/mol. The van der Waals surface area contributed by atoms with Gasteiger partial charge >= 0.3 is 6.09 Å². The van der Waals surface area contributed by atoms with E-state index in [-0.39, 0.29) is 23.4 Å². The summed E-state index contributed by atoms with van der Waals surface area (Å²) in [7, 11) is 0. The number of nitrogens with zero attached hydrogens (tertiary/aromatic N) is 2. The molecule has 8 heteroatoms. The van der Waals surface area contributed by atoms with Crippen LogP contribution < -0.4 is 10.6 Å². The number of benzene rings is 3. The van der Waals surface area contributed by atoms with Crippen molar-refractivity contribution >= 4 is 29.2 Å². The molecule has 0 radical (unpaired) electrons. The summed E-state index contributed by atoms with van der Waals surface area (Å²) < 4.78 is 5.35. The maximum absolute atomic E-state index is 12.9. The van der Waals surface area contributed by atoms with E-state index in [1.807, 2.05) is 36.4 Å². The van der Waals surface area contributed by atoms with Crippen molar-refractivity contribution in [3.63, 3.8) is 0 Å². The standard InChI is InChI=1S/C31H26N4O4/c1-31(2,3)39-30(38)35-27-18-24(14-15-32)23(13-12-21-8-5-4-6-9-21)17-26(27)34-29(37)19-28(36)25-11-7-10-22(16-25)20-33/h4-11,16-18H,14,19H2,1-3H3,(H,34,37)(H,35,38). The molecule has 0 saturated carbocycles. The highest BCUT2D eigenvalue weighted by molar-refractivity contribution is 6.12. The molecule has 3 rings (SSSR count). The second kappa shape index (κ2) is 12.7. The Balaban J connectivity index is 1.96. The highest BCUT2D eigenvalue weighted by Crippen LogP contribution is 2.28. The van der Waals surface area contributed by atoms with Gasteiger partial charge in [-0.05, 0) is 62.7 Å². The van der Waals surface area contributed by atoms with Gasteiger partial charge in [0.1, 0.15) is 5.60 Å². The van der Waals surface area contributed by atoms with Gasteiger partial charge in [-0.3, -0.25) is 14.9 Å². The Kier molecular flexibility index (Phi) is 9.19. The van der Waals surface area contributed by atoms with Crippen LogP contribution in [0.2, 0.25) is 0 Å². The molecule has 0 saturated heterocycles. The van der Waals surface area contributed by atoms with Crippen LogP contribution in [0.25, 0.3) is 0 Å². The van der Waals surface area contributed by atoms with Crippen molar-refractivity contribution in [2.45, 2.75) is 39.2 Å². The number of nitriles is 2. The Bertz CT molecular complexity index is 1550. The number of carbonyl (C=O) groups excluding carboxylic acids is 3. The molecule has 2 N–H and O–H groups in total. The van der Waals surface area contributed by atoms with Crippen LogP contribution >= 0.6 is 0 Å². The number of ketones is 1. The summed E-state index contributed by atoms with van der Waals surface area (Å²) in [4.78, 5) is 38.1. The third-order valence-corrected chi connectivity index (χ3v) is 5.17. The zero-order valence-corrected chi connectivity index (χ0v) is 21.8. The number of hydrogen-bond donors (Lipinski definition) is 2. The number of hydrogen-bond acceptors (Lipinski definition) is 6. The maximum Gasteiger partial charge on any atom is 0.412 e. The summed E-state index contributed by atoms with van der Waals surface area (Å²) in [6.45, 7) is 5.14. The van der Waals surface area contributed by atoms with E-state index in [1.54, 1.807) is 45.0 Å². The highest BCUT2D eigenvalue weighted by Gasteiger charge is 2.20. The van der Waals surface area contributed by atoms with E-state index in [0.717, 1.165) is 5.56 Å². The minimum Gasteiger partial charge on any atom is -0.444 e. The van der Waals surface area contributed by atoms with Gasteiger partial charge in [-0.15, -0.1) is 0 Å². The molecule has 0 aromatic heterocycles. The van der Waals surface area contributed by atoms with Crippen molar-refractivity contribution in [3.8, 4) is 24.0 Å². The van der Waals surface area contributed by atoms with E-state index in [2.05, 4.69) is 28.5 Å². The van der Waals surface area contributed by atoms with Gasteiger partial charge < -0.3 is 10.1 Å². The van der Waals surface area contributed by atoms with Crippen molar-refractivity contribution in [1.29, 1.82) is 10.5 Å². The average molecular weight is 519 g/mol. The quantitative estimate of drug-likeness (QED) is 0.249. The second-order valence-corrected chi connectivity index (χ2v) is 9.47. The molecule has 0 bridgehead atoms. The first-order valence-corrected chi connectivity index (χ1v) is 12.0. The van der Waals surface area contributed by atoms with Crippen LogP contribution in [-0.4, -0.2) is 23.4 Å². The number of amides is 2. The molecular weight excluding hydrogens is 492 g/mol. The van der Waals surface area contributed by atoms with Gasteiger partial charge in [-0.2, -0.15) is 10.5 Å². The SMILES string of the molecule is CC(C)(C)OC(=O)Nc1cc(CC#N)c(C#Cc2ccccc2)cc1NC(=O)CC(=O)c1cccc(C#N)c1. The summed E-state index contributed by atoms with van der Waals surface area (Å²) in [6, 6.07) is 22.5. The Hall–Kier alpha value is -5.39. The molecule has 0 spiro atoms. The molecule has 0 aliphatic carbocycles. The van der Waals surface area contributed by atoms with Gasteiger partial charge in [0.05, 0.1) is 41.9 Å². The smallest absolute Gasteiger partial charge is 0.412 e. The minimum absolute atomic E-state index is 0.00372. The first-order chi connectivity index (χ1) is 18.6. The van der Waals surface area contributed by atoms with Gasteiger partial charge in [-0.1, -0.05) is 42.2 Å². The van der Waals surface area contributed by atoms with Gasteiger partial charge in [-0.25, -0.2) is 4.79 Å². The van der Waals surface area contributed by atoms with Gasteiger partial charge in [0.25, 0.3) is 0 Å². The molecular formula is C31H26N4O4. The Morgan fingerprint density at radius 3 is 2.21 bits per heavy atom. The van der Waals surface area contributed by atoms with Crippen molar-refractivity contribution in [3.05, 3.63) is 94.5 Å². The molecule has 8 nitrogen and oxygen atoms in total. The van der Waals surface area contributed by atoms with Gasteiger partial charge in [0.15, 0.2) is 5.78 Å². The van der Waals surface area contributed by atoms with Crippen LogP contribution in [0, 0.1) is 34.5 Å². The number of nitrogens with one attached hydrogen (secondary N) is 2. The monoisotopic (exact) mass is 518 g/mol. The van der Waals surface area contributed by atoms with Crippen LogP contribution in [-0.2, 0) is 16.0 Å². The third kappa shape index (κ3) is 8.60. The van der Waals surface area contributed by atoms with E-state index < -0.39 is 29.8 Å². The fraction of sp³-hybridized carbons (Fsp3) is 0.194. The van der Waals surface area contributed by atoms with E-state index in [9.17, 15) is 19.6 Å². The van der Waals surface area contributed by atoms with Crippen molar-refractivity contribution in [1.82, 2.24) is 0 Å².